The minimum absolute atomic E-state index is 0.0871. The van der Waals surface area contributed by atoms with E-state index in [1.807, 2.05) is 6.92 Å². The molecule has 5 nitrogen and oxygen atoms in total. The first-order valence-corrected chi connectivity index (χ1v) is 7.14. The Morgan fingerprint density at radius 3 is 2.81 bits per heavy atom. The molecule has 0 aliphatic rings. The first-order chi connectivity index (χ1) is 7.54. The van der Waals surface area contributed by atoms with Gasteiger partial charge in [0.25, 0.3) is 0 Å². The van der Waals surface area contributed by atoms with Gasteiger partial charge in [0.05, 0.1) is 0 Å². The molecule has 0 saturated heterocycles. The number of aromatic nitrogens is 1. The molecule has 0 saturated carbocycles. The Balaban J connectivity index is 2.52. The fraction of sp³-hybridized carbons (Fsp3) is 0.556. The number of rotatable bonds is 6. The summed E-state index contributed by atoms with van der Waals surface area (Å²) in [7, 11) is -0.810. The third kappa shape index (κ3) is 3.57. The van der Waals surface area contributed by atoms with Crippen molar-refractivity contribution in [3.8, 4) is 0 Å². The number of hydrogen-bond donors (Lipinski definition) is 2. The minimum Gasteiger partial charge on any atom is -0.476 e. The van der Waals surface area contributed by atoms with Crippen LogP contribution in [-0.2, 0) is 10.8 Å². The molecule has 1 unspecified atom stereocenters. The third-order valence-electron chi connectivity index (χ3n) is 1.93. The molecule has 0 radical (unpaired) electrons. The summed E-state index contributed by atoms with van der Waals surface area (Å²) in [6.07, 6.45) is 0. The summed E-state index contributed by atoms with van der Waals surface area (Å²) < 4.78 is 11.1. The van der Waals surface area contributed by atoms with Crippen molar-refractivity contribution in [2.45, 2.75) is 13.8 Å². The molecule has 1 atom stereocenters. The Hall–Kier alpha value is -0.950. The fourth-order valence-electron chi connectivity index (χ4n) is 1.09. The van der Waals surface area contributed by atoms with Gasteiger partial charge >= 0.3 is 5.97 Å². The summed E-state index contributed by atoms with van der Waals surface area (Å²) in [6.45, 7) is 4.13. The highest BCUT2D eigenvalue weighted by Gasteiger charge is 2.13. The van der Waals surface area contributed by atoms with Gasteiger partial charge in [0.1, 0.15) is 0 Å². The molecule has 0 amide bonds. The number of carboxylic acids is 1. The number of aryl methyl sites for hydroxylation is 1. The molecule has 90 valence electrons. The van der Waals surface area contributed by atoms with Gasteiger partial charge in [-0.15, -0.1) is 11.3 Å². The lowest BCUT2D eigenvalue weighted by Crippen LogP contribution is -2.12. The van der Waals surface area contributed by atoms with E-state index < -0.39 is 16.8 Å². The van der Waals surface area contributed by atoms with Crippen LogP contribution in [0.2, 0.25) is 0 Å². The number of nitrogens with zero attached hydrogens (tertiary/aromatic N) is 1. The quantitative estimate of drug-likeness (QED) is 0.808. The van der Waals surface area contributed by atoms with Crippen molar-refractivity contribution in [3.63, 3.8) is 0 Å². The molecule has 0 bridgehead atoms. The second-order valence-electron chi connectivity index (χ2n) is 3.09. The summed E-state index contributed by atoms with van der Waals surface area (Å²) in [5.74, 6) is 0.176. The van der Waals surface area contributed by atoms with E-state index in [1.54, 1.807) is 6.92 Å². The van der Waals surface area contributed by atoms with Crippen LogP contribution in [0, 0.1) is 6.92 Å². The summed E-state index contributed by atoms with van der Waals surface area (Å²) in [6, 6.07) is 0. The standard InChI is InChI=1S/C9H14N2O3S2/c1-3-16(14)5-4-10-9-11-7(8(12)13)6(2)15-9/h3-5H2,1-2H3,(H,10,11)(H,12,13). The average molecular weight is 262 g/mol. The smallest absolute Gasteiger partial charge is 0.355 e. The van der Waals surface area contributed by atoms with Crippen molar-refractivity contribution in [2.24, 2.45) is 0 Å². The van der Waals surface area contributed by atoms with Gasteiger partial charge in [-0.2, -0.15) is 0 Å². The van der Waals surface area contributed by atoms with Crippen molar-refractivity contribution < 1.29 is 14.1 Å². The van der Waals surface area contributed by atoms with Gasteiger partial charge in [0.15, 0.2) is 10.8 Å². The van der Waals surface area contributed by atoms with Crippen LogP contribution in [-0.4, -0.2) is 38.3 Å². The van der Waals surface area contributed by atoms with E-state index in [0.717, 1.165) is 0 Å². The molecule has 16 heavy (non-hydrogen) atoms. The number of nitrogens with one attached hydrogen (secondary N) is 1. The van der Waals surface area contributed by atoms with Crippen molar-refractivity contribution in [2.75, 3.05) is 23.4 Å². The van der Waals surface area contributed by atoms with Crippen molar-refractivity contribution in [1.82, 2.24) is 4.98 Å². The Bertz CT molecular complexity index is 403. The Morgan fingerprint density at radius 1 is 1.62 bits per heavy atom. The largest absolute Gasteiger partial charge is 0.476 e. The van der Waals surface area contributed by atoms with Crippen LogP contribution in [0.15, 0.2) is 0 Å². The number of anilines is 1. The zero-order valence-corrected chi connectivity index (χ0v) is 10.8. The highest BCUT2D eigenvalue weighted by atomic mass is 32.2. The van der Waals surface area contributed by atoms with E-state index in [0.29, 0.717) is 28.1 Å². The maximum absolute atomic E-state index is 11.1. The highest BCUT2D eigenvalue weighted by molar-refractivity contribution is 7.84. The fourth-order valence-corrected chi connectivity index (χ4v) is 2.54. The first-order valence-electron chi connectivity index (χ1n) is 4.84. The predicted octanol–water partition coefficient (Wildman–Crippen LogP) is 1.33. The molecule has 0 aliphatic carbocycles. The highest BCUT2D eigenvalue weighted by Crippen LogP contribution is 2.21. The topological polar surface area (TPSA) is 79.3 Å². The van der Waals surface area contributed by atoms with Gasteiger partial charge in [-0.3, -0.25) is 4.21 Å². The van der Waals surface area contributed by atoms with Crippen molar-refractivity contribution in [1.29, 1.82) is 0 Å². The van der Waals surface area contributed by atoms with Crippen molar-refractivity contribution in [3.05, 3.63) is 10.6 Å². The maximum Gasteiger partial charge on any atom is 0.355 e. The monoisotopic (exact) mass is 262 g/mol. The predicted molar refractivity (Wildman–Crippen MR) is 65.9 cm³/mol. The molecule has 0 aromatic carbocycles. The normalized spacial score (nSPS) is 12.4. The van der Waals surface area contributed by atoms with E-state index in [2.05, 4.69) is 10.3 Å². The van der Waals surface area contributed by atoms with Gasteiger partial charge in [0.2, 0.25) is 0 Å². The lowest BCUT2D eigenvalue weighted by Gasteiger charge is -2.00. The Morgan fingerprint density at radius 2 is 2.31 bits per heavy atom. The third-order valence-corrected chi connectivity index (χ3v) is 4.16. The molecule has 7 heteroatoms. The molecule has 1 aromatic heterocycles. The van der Waals surface area contributed by atoms with Gasteiger partial charge in [-0.05, 0) is 6.92 Å². The van der Waals surface area contributed by atoms with E-state index in [4.69, 9.17) is 5.11 Å². The van der Waals surface area contributed by atoms with E-state index in [-0.39, 0.29) is 5.69 Å². The lowest BCUT2D eigenvalue weighted by molar-refractivity contribution is 0.0690. The molecule has 1 heterocycles. The minimum atomic E-state index is -1.01. The molecule has 0 spiro atoms. The molecule has 2 N–H and O–H groups in total. The summed E-state index contributed by atoms with van der Waals surface area (Å²) in [5.41, 5.74) is 0.0871. The summed E-state index contributed by atoms with van der Waals surface area (Å²) >= 11 is 1.30. The Kier molecular flexibility index (Phi) is 4.88. The lowest BCUT2D eigenvalue weighted by atomic mass is 10.4. The van der Waals surface area contributed by atoms with Crippen LogP contribution >= 0.6 is 11.3 Å². The number of aromatic carboxylic acids is 1. The maximum atomic E-state index is 11.1. The van der Waals surface area contributed by atoms with Crippen molar-refractivity contribution >= 4 is 33.2 Å². The van der Waals surface area contributed by atoms with Crippen LogP contribution < -0.4 is 5.32 Å². The van der Waals surface area contributed by atoms with Crippen LogP contribution in [0.25, 0.3) is 0 Å². The van der Waals surface area contributed by atoms with Gasteiger partial charge < -0.3 is 10.4 Å². The number of carboxylic acid groups (broad SMARTS) is 1. The molecular weight excluding hydrogens is 248 g/mol. The number of thiazole rings is 1. The zero-order valence-electron chi connectivity index (χ0n) is 9.15. The van der Waals surface area contributed by atoms with Crippen LogP contribution in [0.4, 0.5) is 5.13 Å². The molecule has 1 rings (SSSR count). The summed E-state index contributed by atoms with van der Waals surface area (Å²) in [4.78, 5) is 15.3. The van der Waals surface area contributed by atoms with Crippen LogP contribution in [0.5, 0.6) is 0 Å². The molecule has 1 aromatic rings. The average Bonchev–Trinajstić information content (AvgIpc) is 2.59. The van der Waals surface area contributed by atoms with E-state index >= 15 is 0 Å². The number of carbonyl (C=O) groups is 1. The first kappa shape index (κ1) is 13.1. The van der Waals surface area contributed by atoms with E-state index in [1.165, 1.54) is 11.3 Å². The van der Waals surface area contributed by atoms with Gasteiger partial charge in [-0.25, -0.2) is 9.78 Å². The summed E-state index contributed by atoms with van der Waals surface area (Å²) in [5, 5.41) is 12.3. The number of hydrogen-bond acceptors (Lipinski definition) is 5. The Labute approximate surface area is 100 Å². The van der Waals surface area contributed by atoms with Gasteiger partial charge in [0, 0.05) is 33.7 Å². The van der Waals surface area contributed by atoms with Crippen LogP contribution in [0.3, 0.4) is 0 Å². The SMILES string of the molecule is CCS(=O)CCNc1nc(C(=O)O)c(C)s1. The van der Waals surface area contributed by atoms with Gasteiger partial charge in [-0.1, -0.05) is 6.92 Å². The second kappa shape index (κ2) is 5.95. The zero-order chi connectivity index (χ0) is 12.1. The molecule has 0 fully saturated rings. The molecular formula is C9H14N2O3S2. The van der Waals surface area contributed by atoms with E-state index in [9.17, 15) is 9.00 Å². The van der Waals surface area contributed by atoms with Crippen LogP contribution in [0.1, 0.15) is 22.3 Å². The molecule has 0 aliphatic heterocycles. The second-order valence-corrected chi connectivity index (χ2v) is 6.16.